The summed E-state index contributed by atoms with van der Waals surface area (Å²) < 4.78 is 0. The summed E-state index contributed by atoms with van der Waals surface area (Å²) in [5.41, 5.74) is 0. The van der Waals surface area contributed by atoms with Crippen molar-refractivity contribution in [3.63, 3.8) is 0 Å². The van der Waals surface area contributed by atoms with Crippen molar-refractivity contribution < 1.29 is 14.5 Å². The van der Waals surface area contributed by atoms with Crippen LogP contribution in [0, 0.1) is 5.92 Å². The first kappa shape index (κ1) is 14.3. The van der Waals surface area contributed by atoms with Crippen LogP contribution >= 0.6 is 0 Å². The van der Waals surface area contributed by atoms with Gasteiger partial charge in [0.05, 0.1) is 39.8 Å². The molecular formula is C14H26N3O2+. The molecule has 1 aliphatic carbocycles. The van der Waals surface area contributed by atoms with E-state index >= 15 is 0 Å². The van der Waals surface area contributed by atoms with E-state index in [4.69, 9.17) is 0 Å². The fraction of sp³-hybridized carbons (Fsp3) is 0.857. The summed E-state index contributed by atoms with van der Waals surface area (Å²) in [5, 5.41) is 2.82. The zero-order valence-electron chi connectivity index (χ0n) is 11.9. The lowest BCUT2D eigenvalue weighted by Gasteiger charge is -2.30. The first-order chi connectivity index (χ1) is 9.16. The molecule has 0 atom stereocenters. The summed E-state index contributed by atoms with van der Waals surface area (Å²) >= 11 is 0. The molecule has 0 aromatic rings. The minimum absolute atomic E-state index is 0.0664. The second-order valence-electron chi connectivity index (χ2n) is 5.89. The van der Waals surface area contributed by atoms with Crippen molar-refractivity contribution in [3.05, 3.63) is 0 Å². The van der Waals surface area contributed by atoms with Crippen LogP contribution in [0.15, 0.2) is 0 Å². The Morgan fingerprint density at radius 2 is 1.79 bits per heavy atom. The molecule has 0 unspecified atom stereocenters. The lowest BCUT2D eigenvalue weighted by Crippen LogP contribution is -3.12. The quantitative estimate of drug-likeness (QED) is 0.693. The summed E-state index contributed by atoms with van der Waals surface area (Å²) in [6, 6.07) is 0. The maximum Gasteiger partial charge on any atom is 0.242 e. The van der Waals surface area contributed by atoms with Gasteiger partial charge in [0.2, 0.25) is 11.8 Å². The number of rotatable bonds is 3. The third kappa shape index (κ3) is 4.20. The Labute approximate surface area is 115 Å². The summed E-state index contributed by atoms with van der Waals surface area (Å²) in [6.45, 7) is 3.80. The van der Waals surface area contributed by atoms with Gasteiger partial charge in [-0.1, -0.05) is 19.3 Å². The van der Waals surface area contributed by atoms with Crippen molar-refractivity contribution in [1.29, 1.82) is 0 Å². The Balaban J connectivity index is 1.69. The van der Waals surface area contributed by atoms with Crippen molar-refractivity contribution >= 4 is 11.8 Å². The molecule has 2 fully saturated rings. The highest BCUT2D eigenvalue weighted by Gasteiger charge is 2.24. The van der Waals surface area contributed by atoms with Crippen LogP contribution in [-0.2, 0) is 9.59 Å². The molecule has 1 heterocycles. The summed E-state index contributed by atoms with van der Waals surface area (Å²) in [4.78, 5) is 27.3. The number of carbonyl (C=O) groups is 2. The number of quaternary nitrogens is 1. The molecule has 2 rings (SSSR count). The molecular weight excluding hydrogens is 242 g/mol. The fourth-order valence-corrected chi connectivity index (χ4v) is 2.92. The van der Waals surface area contributed by atoms with Crippen LogP contribution in [0.2, 0.25) is 0 Å². The number of amides is 2. The number of hydrogen-bond acceptors (Lipinski definition) is 2. The maximum atomic E-state index is 12.0. The molecule has 1 aliphatic heterocycles. The van der Waals surface area contributed by atoms with Crippen molar-refractivity contribution in [2.45, 2.75) is 32.1 Å². The number of piperazine rings is 1. The molecule has 108 valence electrons. The van der Waals surface area contributed by atoms with Gasteiger partial charge in [0.1, 0.15) is 0 Å². The molecule has 0 spiro atoms. The van der Waals surface area contributed by atoms with Crippen LogP contribution in [-0.4, -0.2) is 56.5 Å². The number of nitrogens with one attached hydrogen (secondary N) is 2. The molecule has 0 aromatic heterocycles. The first-order valence-electron chi connectivity index (χ1n) is 7.53. The van der Waals surface area contributed by atoms with Crippen molar-refractivity contribution in [2.24, 2.45) is 5.92 Å². The average Bonchev–Trinajstić information content (AvgIpc) is 2.46. The van der Waals surface area contributed by atoms with Gasteiger partial charge in [-0.05, 0) is 12.8 Å². The van der Waals surface area contributed by atoms with Crippen LogP contribution < -0.4 is 10.2 Å². The Morgan fingerprint density at radius 3 is 2.42 bits per heavy atom. The van der Waals surface area contributed by atoms with E-state index in [1.807, 2.05) is 4.90 Å². The highest BCUT2D eigenvalue weighted by molar-refractivity contribution is 5.85. The average molecular weight is 268 g/mol. The molecule has 0 aromatic carbocycles. The van der Waals surface area contributed by atoms with Gasteiger partial charge in [0.15, 0.2) is 0 Å². The molecule has 0 radical (unpaired) electrons. The Bertz CT molecular complexity index is 319. The molecule has 5 nitrogen and oxygen atoms in total. The van der Waals surface area contributed by atoms with Gasteiger partial charge in [-0.15, -0.1) is 0 Å². The molecule has 2 aliphatic rings. The second-order valence-corrected chi connectivity index (χ2v) is 5.89. The zero-order valence-corrected chi connectivity index (χ0v) is 11.9. The van der Waals surface area contributed by atoms with Crippen molar-refractivity contribution in [3.8, 4) is 0 Å². The Morgan fingerprint density at radius 1 is 1.16 bits per heavy atom. The Hall–Kier alpha value is -1.10. The standard InChI is InChI=1S/C14H25N3O2/c1-16-7-9-17(10-8-16)13(18)11-15-14(19)12-5-3-2-4-6-12/h12H,2-11H2,1H3,(H,15,19)/p+1. The van der Waals surface area contributed by atoms with Gasteiger partial charge in [0.25, 0.3) is 0 Å². The van der Waals surface area contributed by atoms with E-state index in [9.17, 15) is 9.59 Å². The lowest BCUT2D eigenvalue weighted by molar-refractivity contribution is -0.883. The monoisotopic (exact) mass is 268 g/mol. The van der Waals surface area contributed by atoms with E-state index in [2.05, 4.69) is 12.4 Å². The summed E-state index contributed by atoms with van der Waals surface area (Å²) in [7, 11) is 2.15. The second kappa shape index (κ2) is 6.89. The molecule has 5 heteroatoms. The number of nitrogens with zero attached hydrogens (tertiary/aromatic N) is 1. The Kier molecular flexibility index (Phi) is 5.19. The van der Waals surface area contributed by atoms with E-state index in [0.29, 0.717) is 0 Å². The van der Waals surface area contributed by atoms with Gasteiger partial charge in [-0.25, -0.2) is 0 Å². The highest BCUT2D eigenvalue weighted by Crippen LogP contribution is 2.23. The van der Waals surface area contributed by atoms with Gasteiger partial charge >= 0.3 is 0 Å². The third-order valence-electron chi connectivity index (χ3n) is 4.36. The topological polar surface area (TPSA) is 53.9 Å². The first-order valence-corrected chi connectivity index (χ1v) is 7.53. The maximum absolute atomic E-state index is 12.0. The summed E-state index contributed by atoms with van der Waals surface area (Å²) in [5.74, 6) is 0.281. The molecule has 1 saturated carbocycles. The predicted octanol–water partition coefficient (Wildman–Crippen LogP) is -0.960. The lowest BCUT2D eigenvalue weighted by atomic mass is 9.89. The predicted molar refractivity (Wildman–Crippen MR) is 72.8 cm³/mol. The zero-order chi connectivity index (χ0) is 13.7. The minimum Gasteiger partial charge on any atom is -0.347 e. The van der Waals surface area contributed by atoms with E-state index in [-0.39, 0.29) is 24.3 Å². The van der Waals surface area contributed by atoms with Crippen LogP contribution in [0.4, 0.5) is 0 Å². The van der Waals surface area contributed by atoms with Crippen molar-refractivity contribution in [1.82, 2.24) is 10.2 Å². The molecule has 1 saturated heterocycles. The van der Waals surface area contributed by atoms with Crippen LogP contribution in [0.5, 0.6) is 0 Å². The van der Waals surface area contributed by atoms with E-state index < -0.39 is 0 Å². The third-order valence-corrected chi connectivity index (χ3v) is 4.36. The van der Waals surface area contributed by atoms with Gasteiger partial charge in [0, 0.05) is 5.92 Å². The van der Waals surface area contributed by atoms with Crippen LogP contribution in [0.25, 0.3) is 0 Å². The molecule has 2 amide bonds. The van der Waals surface area contributed by atoms with Crippen LogP contribution in [0.3, 0.4) is 0 Å². The molecule has 2 N–H and O–H groups in total. The van der Waals surface area contributed by atoms with E-state index in [0.717, 1.165) is 51.9 Å². The van der Waals surface area contributed by atoms with Gasteiger partial charge < -0.3 is 15.1 Å². The van der Waals surface area contributed by atoms with E-state index in [1.54, 1.807) is 0 Å². The summed E-state index contributed by atoms with van der Waals surface area (Å²) in [6.07, 6.45) is 5.50. The SMILES string of the molecule is C[NH+]1CCN(C(=O)CNC(=O)C2CCCCC2)CC1. The normalized spacial score (nSPS) is 22.3. The molecule has 0 bridgehead atoms. The highest BCUT2D eigenvalue weighted by atomic mass is 16.2. The molecule has 19 heavy (non-hydrogen) atoms. The van der Waals surface area contributed by atoms with E-state index in [1.165, 1.54) is 11.3 Å². The number of hydrogen-bond donors (Lipinski definition) is 2. The smallest absolute Gasteiger partial charge is 0.242 e. The van der Waals surface area contributed by atoms with Crippen molar-refractivity contribution in [2.75, 3.05) is 39.8 Å². The van der Waals surface area contributed by atoms with Crippen LogP contribution in [0.1, 0.15) is 32.1 Å². The number of carbonyl (C=O) groups excluding carboxylic acids is 2. The minimum atomic E-state index is 0.0664. The van der Waals surface area contributed by atoms with Gasteiger partial charge in [-0.2, -0.15) is 0 Å². The fourth-order valence-electron chi connectivity index (χ4n) is 2.92. The van der Waals surface area contributed by atoms with Gasteiger partial charge in [-0.3, -0.25) is 9.59 Å². The largest absolute Gasteiger partial charge is 0.347 e. The number of likely N-dealkylation sites (N-methyl/N-ethyl adjacent to an activating group) is 1.